The molecule has 0 aliphatic carbocycles. The van der Waals surface area contributed by atoms with E-state index >= 15 is 0 Å². The van der Waals surface area contributed by atoms with Crippen molar-refractivity contribution in [2.24, 2.45) is 0 Å². The van der Waals surface area contributed by atoms with Crippen molar-refractivity contribution >= 4 is 39.6 Å². The summed E-state index contributed by atoms with van der Waals surface area (Å²) in [7, 11) is 0. The molecule has 5 rings (SSSR count). The molecule has 12 heteroatoms. The Labute approximate surface area is 191 Å². The second-order valence-corrected chi connectivity index (χ2v) is 9.82. The van der Waals surface area contributed by atoms with Gasteiger partial charge in [-0.2, -0.15) is 4.98 Å². The first-order chi connectivity index (χ1) is 15.7. The third-order valence-corrected chi connectivity index (χ3v) is 6.66. The monoisotopic (exact) mass is 479 g/mol. The van der Waals surface area contributed by atoms with Gasteiger partial charge in [0, 0.05) is 18.5 Å². The van der Waals surface area contributed by atoms with Crippen LogP contribution in [0.3, 0.4) is 0 Å². The highest BCUT2D eigenvalue weighted by Crippen LogP contribution is 2.44. The molecule has 0 unspecified atom stereocenters. The van der Waals surface area contributed by atoms with E-state index in [1.54, 1.807) is 13.8 Å². The third kappa shape index (κ3) is 4.37. The number of hydrogen-bond acceptors (Lipinski definition) is 8. The van der Waals surface area contributed by atoms with Gasteiger partial charge in [0.25, 0.3) is 12.4 Å². The van der Waals surface area contributed by atoms with E-state index in [0.717, 1.165) is 10.6 Å². The minimum atomic E-state index is -2.58. The fraction of sp³-hybridized carbons (Fsp3) is 0.476. The molecule has 1 saturated heterocycles. The number of thiazole rings is 1. The molecule has 2 atom stereocenters. The molecule has 0 spiro atoms. The molecule has 3 N–H and O–H groups in total. The van der Waals surface area contributed by atoms with Crippen molar-refractivity contribution in [1.29, 1.82) is 0 Å². The molecule has 2 aromatic heterocycles. The molecule has 2 bridgehead atoms. The summed E-state index contributed by atoms with van der Waals surface area (Å²) in [6.45, 7) is 4.14. The lowest BCUT2D eigenvalue weighted by Crippen LogP contribution is -2.51. The summed E-state index contributed by atoms with van der Waals surface area (Å²) in [5, 5.41) is 15.6. The summed E-state index contributed by atoms with van der Waals surface area (Å²) >= 11 is 1.34. The Morgan fingerprint density at radius 2 is 2.18 bits per heavy atom. The molecule has 0 radical (unpaired) electrons. The fourth-order valence-corrected chi connectivity index (χ4v) is 5.12. The summed E-state index contributed by atoms with van der Waals surface area (Å²) in [6.07, 6.45) is -2.01. The number of alkyl halides is 2. The maximum atomic E-state index is 13.1. The number of urea groups is 1. The molecule has 33 heavy (non-hydrogen) atoms. The Morgan fingerprint density at radius 3 is 2.94 bits per heavy atom. The van der Waals surface area contributed by atoms with Crippen LogP contribution in [0.5, 0.6) is 0 Å². The molecule has 4 heterocycles. The van der Waals surface area contributed by atoms with Crippen LogP contribution >= 0.6 is 11.3 Å². The molecular weight excluding hydrogens is 456 g/mol. The predicted molar refractivity (Wildman–Crippen MR) is 118 cm³/mol. The number of amides is 2. The molecule has 9 nitrogen and oxygen atoms in total. The lowest BCUT2D eigenvalue weighted by Gasteiger charge is -2.43. The molecule has 2 amide bonds. The number of anilines is 2. The maximum Gasteiger partial charge on any atom is 0.321 e. The number of morpholine rings is 1. The van der Waals surface area contributed by atoms with Crippen LogP contribution in [0.15, 0.2) is 22.6 Å². The Kier molecular flexibility index (Phi) is 5.46. The number of nitrogens with zero attached hydrogens (tertiary/aromatic N) is 3. The van der Waals surface area contributed by atoms with Crippen LogP contribution in [0.2, 0.25) is 0 Å². The number of carbonyl (C=O) groups excluding carboxylic acids is 1. The number of hydrogen-bond donors (Lipinski definition) is 3. The van der Waals surface area contributed by atoms with E-state index in [-0.39, 0.29) is 24.2 Å². The molecule has 3 aromatic rings. The summed E-state index contributed by atoms with van der Waals surface area (Å²) in [5.41, 5.74) is 0.567. The van der Waals surface area contributed by atoms with Gasteiger partial charge in [0.2, 0.25) is 0 Å². The number of aliphatic hydroxyl groups is 1. The van der Waals surface area contributed by atoms with Crippen LogP contribution in [-0.2, 0) is 11.2 Å². The molecule has 1 aromatic carbocycles. The normalized spacial score (nSPS) is 20.2. The van der Waals surface area contributed by atoms with Crippen LogP contribution in [0.4, 0.5) is 24.7 Å². The number of fused-ring (bicyclic) bond motifs is 5. The van der Waals surface area contributed by atoms with Gasteiger partial charge in [0.15, 0.2) is 10.7 Å². The molecule has 0 saturated carbocycles. The zero-order chi connectivity index (χ0) is 23.3. The van der Waals surface area contributed by atoms with Gasteiger partial charge in [-0.05, 0) is 32.0 Å². The van der Waals surface area contributed by atoms with Crippen LogP contribution in [0.25, 0.3) is 11.1 Å². The zero-order valence-electron chi connectivity index (χ0n) is 18.0. The summed E-state index contributed by atoms with van der Waals surface area (Å²) < 4.78 is 37.8. The minimum absolute atomic E-state index is 0.0853. The topological polar surface area (TPSA) is 113 Å². The first-order valence-electron chi connectivity index (χ1n) is 10.5. The number of aromatic nitrogens is 2. The van der Waals surface area contributed by atoms with Crippen molar-refractivity contribution in [2.45, 2.75) is 44.4 Å². The second-order valence-electron chi connectivity index (χ2n) is 8.79. The number of oxazole rings is 1. The molecule has 176 valence electrons. The standard InChI is InChI=1S/C21H23F2N5O4S/c1-21(2,30)9-24-18(29)27-19-25-13-6-11-7-31-8-14(16(13)33-19)28(11)20-26-12-5-10(17(22)23)3-4-15(12)32-20/h3-5,11,14,17,30H,6-9H2,1-2H3,(H2,24,25,27,29)/t11-,14-/m0/s1. The quantitative estimate of drug-likeness (QED) is 0.512. The average molecular weight is 480 g/mol. The Morgan fingerprint density at radius 1 is 1.36 bits per heavy atom. The Balaban J connectivity index is 1.40. The van der Waals surface area contributed by atoms with Gasteiger partial charge >= 0.3 is 6.03 Å². The Bertz CT molecular complexity index is 1190. The predicted octanol–water partition coefficient (Wildman–Crippen LogP) is 3.62. The number of ether oxygens (including phenoxy) is 1. The van der Waals surface area contributed by atoms with Gasteiger partial charge in [-0.15, -0.1) is 0 Å². The van der Waals surface area contributed by atoms with E-state index < -0.39 is 18.1 Å². The third-order valence-electron chi connectivity index (χ3n) is 5.55. The number of rotatable bonds is 5. The highest BCUT2D eigenvalue weighted by Gasteiger charge is 2.43. The van der Waals surface area contributed by atoms with Crippen molar-refractivity contribution in [3.8, 4) is 0 Å². The number of nitrogens with one attached hydrogen (secondary N) is 2. The van der Waals surface area contributed by atoms with Gasteiger partial charge in [-0.25, -0.2) is 18.6 Å². The SMILES string of the molecule is CC(C)(O)CNC(=O)Nc1nc2c(s1)[C@@H]1COC[C@H](C2)N1c1nc2cc(C(F)F)ccc2o1. The van der Waals surface area contributed by atoms with Gasteiger partial charge in [0.05, 0.1) is 41.5 Å². The van der Waals surface area contributed by atoms with Crippen LogP contribution in [-0.4, -0.2) is 52.5 Å². The minimum Gasteiger partial charge on any atom is -0.423 e. The highest BCUT2D eigenvalue weighted by atomic mass is 32.1. The first kappa shape index (κ1) is 22.0. The van der Waals surface area contributed by atoms with Gasteiger partial charge in [-0.3, -0.25) is 5.32 Å². The van der Waals surface area contributed by atoms with Crippen molar-refractivity contribution < 1.29 is 27.8 Å². The summed E-state index contributed by atoms with van der Waals surface area (Å²) in [4.78, 5) is 24.2. The van der Waals surface area contributed by atoms with Crippen LogP contribution < -0.4 is 15.5 Å². The molecule has 2 aliphatic heterocycles. The lowest BCUT2D eigenvalue weighted by atomic mass is 9.97. The Hall–Kier alpha value is -2.83. The van der Waals surface area contributed by atoms with E-state index in [4.69, 9.17) is 9.15 Å². The summed E-state index contributed by atoms with van der Waals surface area (Å²) in [5.74, 6) is 0. The number of benzene rings is 1. The number of halogens is 2. The smallest absolute Gasteiger partial charge is 0.321 e. The van der Waals surface area contributed by atoms with Gasteiger partial charge in [-0.1, -0.05) is 11.3 Å². The van der Waals surface area contributed by atoms with Gasteiger partial charge in [0.1, 0.15) is 5.52 Å². The van der Waals surface area contributed by atoms with E-state index in [1.165, 1.54) is 29.5 Å². The molecular formula is C21H23F2N5O4S. The fourth-order valence-electron chi connectivity index (χ4n) is 4.04. The maximum absolute atomic E-state index is 13.1. The highest BCUT2D eigenvalue weighted by molar-refractivity contribution is 7.16. The van der Waals surface area contributed by atoms with Crippen molar-refractivity contribution in [2.75, 3.05) is 30.0 Å². The van der Waals surface area contributed by atoms with E-state index in [9.17, 15) is 18.7 Å². The van der Waals surface area contributed by atoms with Crippen molar-refractivity contribution in [3.63, 3.8) is 0 Å². The van der Waals surface area contributed by atoms with Gasteiger partial charge < -0.3 is 24.5 Å². The zero-order valence-corrected chi connectivity index (χ0v) is 18.8. The van der Waals surface area contributed by atoms with Crippen molar-refractivity contribution in [1.82, 2.24) is 15.3 Å². The van der Waals surface area contributed by atoms with Crippen LogP contribution in [0, 0.1) is 0 Å². The molecule has 2 aliphatic rings. The largest absolute Gasteiger partial charge is 0.423 e. The lowest BCUT2D eigenvalue weighted by molar-refractivity contribution is 0.0579. The van der Waals surface area contributed by atoms with E-state index in [1.807, 2.05) is 4.90 Å². The molecule has 1 fully saturated rings. The summed E-state index contributed by atoms with van der Waals surface area (Å²) in [6, 6.07) is 3.79. The first-order valence-corrected chi connectivity index (χ1v) is 11.3. The van der Waals surface area contributed by atoms with E-state index in [2.05, 4.69) is 20.6 Å². The van der Waals surface area contributed by atoms with Crippen molar-refractivity contribution in [3.05, 3.63) is 34.3 Å². The van der Waals surface area contributed by atoms with Crippen LogP contribution in [0.1, 0.15) is 42.4 Å². The van der Waals surface area contributed by atoms with E-state index in [0.29, 0.717) is 41.9 Å². The average Bonchev–Trinajstić information content (AvgIpc) is 3.34. The second kappa shape index (κ2) is 8.19. The number of carbonyl (C=O) groups is 1.